The normalized spacial score (nSPS) is 28.8. The van der Waals surface area contributed by atoms with E-state index in [4.69, 9.17) is 4.74 Å². The minimum absolute atomic E-state index is 0. The average molecular weight is 566 g/mol. The first-order valence-electron chi connectivity index (χ1n) is 12.4. The minimum Gasteiger partial charge on any atom is -0.381 e. The highest BCUT2D eigenvalue weighted by atomic mass is 127. The monoisotopic (exact) mass is 565 g/mol. The van der Waals surface area contributed by atoms with Gasteiger partial charge in [-0.15, -0.1) is 24.0 Å². The fourth-order valence-corrected chi connectivity index (χ4v) is 6.74. The Kier molecular flexibility index (Phi) is 11.0. The lowest BCUT2D eigenvalue weighted by Gasteiger charge is -2.48. The van der Waals surface area contributed by atoms with Crippen LogP contribution in [-0.2, 0) is 4.74 Å². The molecule has 0 spiro atoms. The molecule has 6 nitrogen and oxygen atoms in total. The molecule has 1 unspecified atom stereocenters. The molecule has 0 aromatic heterocycles. The lowest BCUT2D eigenvalue weighted by atomic mass is 9.80. The van der Waals surface area contributed by atoms with E-state index in [2.05, 4.69) is 37.2 Å². The van der Waals surface area contributed by atoms with Crippen LogP contribution in [0.1, 0.15) is 51.4 Å². The number of rotatable bonds is 6. The average Bonchev–Trinajstić information content (AvgIpc) is 3.32. The number of hydrogen-bond donors (Lipinski definition) is 2. The second kappa shape index (κ2) is 13.2. The standard InChI is InChI=1S/C23H43N5OS.HI/c1-24-22(26-21-5-10-27(11-6-21)17-20-7-14-29-18-20)25-19-23(8-3-2-4-9-23)28-12-15-30-16-13-28;/h20-21H,2-19H2,1H3,(H2,24,25,26);1H. The van der Waals surface area contributed by atoms with Crippen LogP contribution in [0, 0.1) is 5.92 Å². The molecular weight excluding hydrogens is 521 g/mol. The van der Waals surface area contributed by atoms with Crippen LogP contribution in [0.2, 0.25) is 0 Å². The Morgan fingerprint density at radius 3 is 2.45 bits per heavy atom. The number of likely N-dealkylation sites (tertiary alicyclic amines) is 1. The summed E-state index contributed by atoms with van der Waals surface area (Å²) in [6.07, 6.45) is 10.5. The Labute approximate surface area is 211 Å². The van der Waals surface area contributed by atoms with Gasteiger partial charge < -0.3 is 20.3 Å². The molecule has 0 aromatic carbocycles. The number of ether oxygens (including phenoxy) is 1. The molecule has 4 aliphatic rings. The van der Waals surface area contributed by atoms with E-state index in [0.29, 0.717) is 11.6 Å². The van der Waals surface area contributed by atoms with Crippen LogP contribution in [0.5, 0.6) is 0 Å². The maximum absolute atomic E-state index is 5.55. The maximum atomic E-state index is 5.55. The summed E-state index contributed by atoms with van der Waals surface area (Å²) < 4.78 is 5.55. The van der Waals surface area contributed by atoms with E-state index >= 15 is 0 Å². The van der Waals surface area contributed by atoms with Crippen molar-refractivity contribution in [3.8, 4) is 0 Å². The number of hydrogen-bond acceptors (Lipinski definition) is 5. The summed E-state index contributed by atoms with van der Waals surface area (Å²) in [4.78, 5) is 10.0. The lowest BCUT2D eigenvalue weighted by molar-refractivity contribution is 0.0625. The van der Waals surface area contributed by atoms with Crippen LogP contribution in [-0.4, -0.2) is 98.4 Å². The van der Waals surface area contributed by atoms with Gasteiger partial charge in [0.05, 0.1) is 6.61 Å². The molecule has 1 atom stereocenters. The van der Waals surface area contributed by atoms with Crippen molar-refractivity contribution < 1.29 is 4.74 Å². The van der Waals surface area contributed by atoms with Gasteiger partial charge in [-0.05, 0) is 38.0 Å². The molecular formula is C23H44IN5OS. The van der Waals surface area contributed by atoms with Crippen LogP contribution in [0.3, 0.4) is 0 Å². The first kappa shape index (κ1) is 25.8. The SMILES string of the molecule is CN=C(NCC1(N2CCSCC2)CCCCC1)NC1CCN(CC2CCOC2)CC1.I. The van der Waals surface area contributed by atoms with Crippen molar-refractivity contribution in [2.45, 2.75) is 62.9 Å². The van der Waals surface area contributed by atoms with Crippen LogP contribution >= 0.6 is 35.7 Å². The summed E-state index contributed by atoms with van der Waals surface area (Å²) in [6.45, 7) is 9.08. The summed E-state index contributed by atoms with van der Waals surface area (Å²) in [7, 11) is 1.93. The summed E-state index contributed by atoms with van der Waals surface area (Å²) in [6, 6.07) is 0.543. The molecule has 4 rings (SSSR count). The Morgan fingerprint density at radius 2 is 1.81 bits per heavy atom. The molecule has 3 heterocycles. The van der Waals surface area contributed by atoms with Crippen LogP contribution < -0.4 is 10.6 Å². The Bertz CT molecular complexity index is 540. The van der Waals surface area contributed by atoms with Gasteiger partial charge in [-0.3, -0.25) is 9.89 Å². The van der Waals surface area contributed by atoms with Crippen molar-refractivity contribution in [2.24, 2.45) is 10.9 Å². The number of aliphatic imine (C=N–C) groups is 1. The topological polar surface area (TPSA) is 52.1 Å². The van der Waals surface area contributed by atoms with E-state index in [1.807, 2.05) is 7.05 Å². The van der Waals surface area contributed by atoms with Crippen molar-refractivity contribution in [2.75, 3.05) is 71.0 Å². The molecule has 2 N–H and O–H groups in total. The van der Waals surface area contributed by atoms with E-state index in [1.54, 1.807) is 0 Å². The Morgan fingerprint density at radius 1 is 1.06 bits per heavy atom. The van der Waals surface area contributed by atoms with Crippen LogP contribution in [0.4, 0.5) is 0 Å². The number of nitrogens with zero attached hydrogens (tertiary/aromatic N) is 3. The number of thioether (sulfide) groups is 1. The zero-order valence-electron chi connectivity index (χ0n) is 19.4. The summed E-state index contributed by atoms with van der Waals surface area (Å²) in [5.41, 5.74) is 0.337. The van der Waals surface area contributed by atoms with E-state index in [-0.39, 0.29) is 24.0 Å². The molecule has 8 heteroatoms. The third kappa shape index (κ3) is 7.36. The molecule has 0 bridgehead atoms. The molecule has 3 saturated heterocycles. The van der Waals surface area contributed by atoms with Gasteiger partial charge >= 0.3 is 0 Å². The van der Waals surface area contributed by atoms with Crippen LogP contribution in [0.25, 0.3) is 0 Å². The van der Waals surface area contributed by atoms with E-state index in [9.17, 15) is 0 Å². The van der Waals surface area contributed by atoms with Gasteiger partial charge in [0.2, 0.25) is 0 Å². The van der Waals surface area contributed by atoms with Gasteiger partial charge in [0.15, 0.2) is 5.96 Å². The number of nitrogens with one attached hydrogen (secondary N) is 2. The van der Waals surface area contributed by atoms with E-state index in [0.717, 1.165) is 31.6 Å². The molecule has 0 radical (unpaired) electrons. The third-order valence-corrected chi connectivity index (χ3v) is 8.69. The van der Waals surface area contributed by atoms with Crippen molar-refractivity contribution in [3.05, 3.63) is 0 Å². The zero-order chi connectivity index (χ0) is 20.7. The number of piperidine rings is 1. The fourth-order valence-electron chi connectivity index (χ4n) is 5.84. The maximum Gasteiger partial charge on any atom is 0.191 e. The van der Waals surface area contributed by atoms with Gasteiger partial charge in [-0.25, -0.2) is 0 Å². The summed E-state index contributed by atoms with van der Waals surface area (Å²) >= 11 is 2.11. The molecule has 1 aliphatic carbocycles. The predicted octanol–water partition coefficient (Wildman–Crippen LogP) is 3.02. The van der Waals surface area contributed by atoms with Gasteiger partial charge in [0.25, 0.3) is 0 Å². The lowest BCUT2D eigenvalue weighted by Crippen LogP contribution is -2.60. The first-order valence-corrected chi connectivity index (χ1v) is 13.5. The summed E-state index contributed by atoms with van der Waals surface area (Å²) in [5, 5.41) is 7.50. The second-order valence-corrected chi connectivity index (χ2v) is 11.0. The Hall–Kier alpha value is 0.230. The van der Waals surface area contributed by atoms with Gasteiger partial charge in [0.1, 0.15) is 0 Å². The fraction of sp³-hybridized carbons (Fsp3) is 0.957. The number of guanidine groups is 1. The Balaban J connectivity index is 0.00000272. The van der Waals surface area contributed by atoms with Gasteiger partial charge in [-0.1, -0.05) is 19.3 Å². The molecule has 31 heavy (non-hydrogen) atoms. The quantitative estimate of drug-likeness (QED) is 0.294. The second-order valence-electron chi connectivity index (χ2n) is 9.76. The first-order chi connectivity index (χ1) is 14.8. The number of halogens is 1. The van der Waals surface area contributed by atoms with Crippen molar-refractivity contribution >= 4 is 41.7 Å². The van der Waals surface area contributed by atoms with E-state index in [1.165, 1.54) is 95.6 Å². The largest absolute Gasteiger partial charge is 0.381 e. The highest BCUT2D eigenvalue weighted by molar-refractivity contribution is 14.0. The smallest absolute Gasteiger partial charge is 0.191 e. The molecule has 1 saturated carbocycles. The highest BCUT2D eigenvalue weighted by Gasteiger charge is 2.38. The molecule has 4 fully saturated rings. The molecule has 180 valence electrons. The molecule has 3 aliphatic heterocycles. The van der Waals surface area contributed by atoms with Crippen molar-refractivity contribution in [3.63, 3.8) is 0 Å². The zero-order valence-corrected chi connectivity index (χ0v) is 22.6. The van der Waals surface area contributed by atoms with E-state index < -0.39 is 0 Å². The van der Waals surface area contributed by atoms with Crippen molar-refractivity contribution in [1.82, 2.24) is 20.4 Å². The van der Waals surface area contributed by atoms with Crippen molar-refractivity contribution in [1.29, 1.82) is 0 Å². The molecule has 0 amide bonds. The predicted molar refractivity (Wildman–Crippen MR) is 143 cm³/mol. The summed E-state index contributed by atoms with van der Waals surface area (Å²) in [5.74, 6) is 4.35. The minimum atomic E-state index is 0. The van der Waals surface area contributed by atoms with Crippen LogP contribution in [0.15, 0.2) is 4.99 Å². The van der Waals surface area contributed by atoms with Gasteiger partial charge in [-0.2, -0.15) is 11.8 Å². The third-order valence-electron chi connectivity index (χ3n) is 7.74. The molecule has 0 aromatic rings. The van der Waals surface area contributed by atoms with Gasteiger partial charge in [0, 0.05) is 76.0 Å². The highest BCUT2D eigenvalue weighted by Crippen LogP contribution is 2.34.